The van der Waals surface area contributed by atoms with Crippen molar-refractivity contribution in [3.05, 3.63) is 59.4 Å². The van der Waals surface area contributed by atoms with E-state index >= 15 is 0 Å². The second kappa shape index (κ2) is 7.26. The molecule has 2 aromatic carbocycles. The van der Waals surface area contributed by atoms with Crippen molar-refractivity contribution in [1.82, 2.24) is 9.62 Å². The monoisotopic (exact) mass is 386 g/mol. The molecule has 0 amide bonds. The lowest BCUT2D eigenvalue weighted by molar-refractivity contribution is 0.263. The predicted octanol–water partition coefficient (Wildman–Crippen LogP) is 2.45. The van der Waals surface area contributed by atoms with E-state index < -0.39 is 38.4 Å². The number of nitrogens with one attached hydrogen (secondary N) is 1. The van der Waals surface area contributed by atoms with E-state index in [1.165, 1.54) is 7.11 Å². The molecule has 1 N–H and O–H groups in total. The summed E-state index contributed by atoms with van der Waals surface area (Å²) in [6.45, 7) is 0.657. The summed E-state index contributed by atoms with van der Waals surface area (Å²) in [5.41, 5.74) is 0.591. The summed E-state index contributed by atoms with van der Waals surface area (Å²) in [5.74, 6) is -4.49. The second-order valence-electron chi connectivity index (χ2n) is 5.75. The molecule has 1 fully saturated rings. The van der Waals surface area contributed by atoms with Crippen LogP contribution in [0.5, 0.6) is 5.75 Å². The molecule has 1 heterocycles. The van der Waals surface area contributed by atoms with E-state index in [1.54, 1.807) is 24.3 Å². The Kier molecular flexibility index (Phi) is 5.22. The molecular weight excluding hydrogens is 369 g/mol. The maximum Gasteiger partial charge on any atom is 0.246 e. The minimum absolute atomic E-state index is 0.0451. The lowest BCUT2D eigenvalue weighted by Crippen LogP contribution is -2.48. The van der Waals surface area contributed by atoms with Crippen molar-refractivity contribution in [2.45, 2.75) is 10.9 Å². The lowest BCUT2D eigenvalue weighted by atomic mass is 10.0. The van der Waals surface area contributed by atoms with E-state index in [9.17, 15) is 21.6 Å². The van der Waals surface area contributed by atoms with Crippen LogP contribution < -0.4 is 10.1 Å². The number of halogens is 3. The van der Waals surface area contributed by atoms with Crippen LogP contribution >= 0.6 is 0 Å². The minimum Gasteiger partial charge on any atom is -0.496 e. The van der Waals surface area contributed by atoms with Gasteiger partial charge in [-0.25, -0.2) is 21.6 Å². The molecule has 5 nitrogen and oxygen atoms in total. The van der Waals surface area contributed by atoms with Gasteiger partial charge in [-0.3, -0.25) is 0 Å². The first-order valence-corrected chi connectivity index (χ1v) is 9.31. The van der Waals surface area contributed by atoms with Crippen LogP contribution in [0.25, 0.3) is 0 Å². The third-order valence-corrected chi connectivity index (χ3v) is 6.20. The minimum atomic E-state index is -4.40. The molecule has 0 saturated carbocycles. The van der Waals surface area contributed by atoms with Crippen LogP contribution in [-0.4, -0.2) is 39.5 Å². The lowest BCUT2D eigenvalue weighted by Gasteiger charge is -2.36. The molecule has 0 bridgehead atoms. The van der Waals surface area contributed by atoms with Gasteiger partial charge < -0.3 is 10.1 Å². The van der Waals surface area contributed by atoms with Crippen LogP contribution in [0.4, 0.5) is 13.2 Å². The summed E-state index contributed by atoms with van der Waals surface area (Å²) in [6.07, 6.45) is 0. The Morgan fingerprint density at radius 1 is 1.12 bits per heavy atom. The van der Waals surface area contributed by atoms with Crippen LogP contribution in [0.2, 0.25) is 0 Å². The Bertz CT molecular complexity index is 921. The molecule has 1 aliphatic heterocycles. The van der Waals surface area contributed by atoms with Gasteiger partial charge in [-0.05, 0) is 18.2 Å². The fourth-order valence-electron chi connectivity index (χ4n) is 3.01. The molecule has 0 spiro atoms. The zero-order valence-electron chi connectivity index (χ0n) is 13.9. The highest BCUT2D eigenvalue weighted by Gasteiger charge is 2.38. The van der Waals surface area contributed by atoms with Crippen molar-refractivity contribution in [2.24, 2.45) is 0 Å². The highest BCUT2D eigenvalue weighted by Crippen LogP contribution is 2.34. The molecule has 3 rings (SSSR count). The summed E-state index contributed by atoms with van der Waals surface area (Å²) >= 11 is 0. The first-order chi connectivity index (χ1) is 12.4. The number of piperazine rings is 1. The zero-order valence-corrected chi connectivity index (χ0v) is 14.7. The number of methoxy groups -OCH3 is 1. The van der Waals surface area contributed by atoms with E-state index in [2.05, 4.69) is 5.32 Å². The molecule has 140 valence electrons. The first-order valence-electron chi connectivity index (χ1n) is 7.87. The van der Waals surface area contributed by atoms with Crippen molar-refractivity contribution in [1.29, 1.82) is 0 Å². The standard InChI is InChI=1S/C17H17F3N2O3S/c1-25-14-5-3-2-4-11(14)13-10-21-8-9-22(13)26(23,24)15-7-6-12(18)16(19)17(15)20/h2-7,13,21H,8-10H2,1H3. The SMILES string of the molecule is COc1ccccc1C1CNCCN1S(=O)(=O)c1ccc(F)c(F)c1F. The van der Waals surface area contributed by atoms with Crippen LogP contribution in [-0.2, 0) is 10.0 Å². The van der Waals surface area contributed by atoms with Crippen LogP contribution in [0, 0.1) is 17.5 Å². The van der Waals surface area contributed by atoms with Gasteiger partial charge in [-0.15, -0.1) is 0 Å². The fourth-order valence-corrected chi connectivity index (χ4v) is 4.68. The predicted molar refractivity (Wildman–Crippen MR) is 88.8 cm³/mol. The molecule has 1 unspecified atom stereocenters. The largest absolute Gasteiger partial charge is 0.496 e. The summed E-state index contributed by atoms with van der Waals surface area (Å²) in [7, 11) is -2.94. The number of para-hydroxylation sites is 1. The van der Waals surface area contributed by atoms with Gasteiger partial charge in [0.2, 0.25) is 10.0 Å². The summed E-state index contributed by atoms with van der Waals surface area (Å²) < 4.78 is 73.2. The third kappa shape index (κ3) is 3.17. The summed E-state index contributed by atoms with van der Waals surface area (Å²) in [4.78, 5) is -0.891. The summed E-state index contributed by atoms with van der Waals surface area (Å²) in [6, 6.07) is 7.53. The second-order valence-corrected chi connectivity index (χ2v) is 7.61. The van der Waals surface area contributed by atoms with Gasteiger partial charge in [0.25, 0.3) is 0 Å². The molecular formula is C17H17F3N2O3S. The van der Waals surface area contributed by atoms with Crippen LogP contribution in [0.3, 0.4) is 0 Å². The number of ether oxygens (including phenoxy) is 1. The van der Waals surface area contributed by atoms with Crippen molar-refractivity contribution >= 4 is 10.0 Å². The van der Waals surface area contributed by atoms with E-state index in [1.807, 2.05) is 0 Å². The Hall–Kier alpha value is -2.10. The molecule has 1 saturated heterocycles. The summed E-state index contributed by atoms with van der Waals surface area (Å²) in [5, 5.41) is 3.08. The zero-order chi connectivity index (χ0) is 18.9. The van der Waals surface area contributed by atoms with Crippen molar-refractivity contribution in [2.75, 3.05) is 26.7 Å². The van der Waals surface area contributed by atoms with Gasteiger partial charge in [-0.1, -0.05) is 18.2 Å². The average Bonchev–Trinajstić information content (AvgIpc) is 2.66. The number of sulfonamides is 1. The third-order valence-electron chi connectivity index (χ3n) is 4.28. The molecule has 1 atom stereocenters. The average molecular weight is 386 g/mol. The number of rotatable bonds is 4. The van der Waals surface area contributed by atoms with Gasteiger partial charge in [0, 0.05) is 25.2 Å². The number of nitrogens with zero attached hydrogens (tertiary/aromatic N) is 1. The van der Waals surface area contributed by atoms with Crippen molar-refractivity contribution in [3.63, 3.8) is 0 Å². The van der Waals surface area contributed by atoms with E-state index in [4.69, 9.17) is 4.74 Å². The van der Waals surface area contributed by atoms with Gasteiger partial charge in [0.05, 0.1) is 13.2 Å². The molecule has 1 aliphatic rings. The highest BCUT2D eigenvalue weighted by molar-refractivity contribution is 7.89. The normalized spacial score (nSPS) is 18.7. The van der Waals surface area contributed by atoms with Crippen molar-refractivity contribution in [3.8, 4) is 5.75 Å². The molecule has 0 aliphatic carbocycles. The molecule has 0 radical (unpaired) electrons. The Morgan fingerprint density at radius 2 is 1.85 bits per heavy atom. The Balaban J connectivity index is 2.09. The van der Waals surface area contributed by atoms with E-state index in [0.717, 1.165) is 10.4 Å². The smallest absolute Gasteiger partial charge is 0.246 e. The van der Waals surface area contributed by atoms with Gasteiger partial charge >= 0.3 is 0 Å². The maximum atomic E-state index is 14.1. The van der Waals surface area contributed by atoms with Crippen LogP contribution in [0.15, 0.2) is 41.3 Å². The van der Waals surface area contributed by atoms with Crippen LogP contribution in [0.1, 0.15) is 11.6 Å². The highest BCUT2D eigenvalue weighted by atomic mass is 32.2. The number of hydrogen-bond donors (Lipinski definition) is 1. The maximum absolute atomic E-state index is 14.1. The van der Waals surface area contributed by atoms with Gasteiger partial charge in [0.15, 0.2) is 17.5 Å². The fraction of sp³-hybridized carbons (Fsp3) is 0.294. The Morgan fingerprint density at radius 3 is 2.58 bits per heavy atom. The quantitative estimate of drug-likeness (QED) is 0.821. The first kappa shape index (κ1) is 18.7. The molecule has 9 heteroatoms. The number of hydrogen-bond acceptors (Lipinski definition) is 4. The number of benzene rings is 2. The van der Waals surface area contributed by atoms with Gasteiger partial charge in [0.1, 0.15) is 10.6 Å². The molecule has 2 aromatic rings. The van der Waals surface area contributed by atoms with Crippen molar-refractivity contribution < 1.29 is 26.3 Å². The molecule has 0 aromatic heterocycles. The van der Waals surface area contributed by atoms with Gasteiger partial charge in [-0.2, -0.15) is 4.31 Å². The topological polar surface area (TPSA) is 58.6 Å². The van der Waals surface area contributed by atoms with E-state index in [0.29, 0.717) is 23.9 Å². The molecule has 26 heavy (non-hydrogen) atoms. The Labute approximate surface area is 149 Å². The van der Waals surface area contributed by atoms with E-state index in [-0.39, 0.29) is 13.1 Å².